The maximum atomic E-state index is 14.3. The van der Waals surface area contributed by atoms with Crippen LogP contribution in [0.3, 0.4) is 0 Å². The number of carboxylic acid groups (broad SMARTS) is 1. The van der Waals surface area contributed by atoms with Gasteiger partial charge in [-0.25, -0.2) is 4.39 Å². The first-order valence-corrected chi connectivity index (χ1v) is 8.48. The molecular weight excluding hydrogens is 341 g/mol. The summed E-state index contributed by atoms with van der Waals surface area (Å²) in [5.74, 6) is -3.14. The maximum Gasteiger partial charge on any atom is 0.320 e. The van der Waals surface area contributed by atoms with Gasteiger partial charge >= 0.3 is 5.97 Å². The lowest BCUT2D eigenvalue weighted by Crippen LogP contribution is -2.42. The standard InChI is InChI=1S/C18H24FN3O4/c1-10(2)21-15(23)9-20-17(24)12-8-14(18(25)26)22(3)16(12)11-6-4-5-7-13(11)19/h4-7,10,12,14,16H,8-9H2,1-3H3,(H,20,24)(H,21,23)(H,25,26)/t12-,14-,16-/m1/s1. The fraction of sp³-hybridized carbons (Fsp3) is 0.500. The highest BCUT2D eigenvalue weighted by molar-refractivity contribution is 5.87. The molecule has 3 N–H and O–H groups in total. The minimum absolute atomic E-state index is 0.0441. The third-order valence-corrected chi connectivity index (χ3v) is 4.51. The van der Waals surface area contributed by atoms with E-state index >= 15 is 0 Å². The Morgan fingerprint density at radius 3 is 2.54 bits per heavy atom. The zero-order valence-electron chi connectivity index (χ0n) is 15.0. The number of likely N-dealkylation sites (N-methyl/N-ethyl adjacent to an activating group) is 1. The quantitative estimate of drug-likeness (QED) is 0.696. The van der Waals surface area contributed by atoms with E-state index in [1.165, 1.54) is 17.0 Å². The molecule has 0 aromatic heterocycles. The summed E-state index contributed by atoms with van der Waals surface area (Å²) >= 11 is 0. The highest BCUT2D eigenvalue weighted by Crippen LogP contribution is 2.41. The summed E-state index contributed by atoms with van der Waals surface area (Å²) in [6, 6.07) is 4.33. The van der Waals surface area contributed by atoms with Gasteiger partial charge in [0.05, 0.1) is 12.5 Å². The van der Waals surface area contributed by atoms with E-state index in [0.29, 0.717) is 0 Å². The Kier molecular flexibility index (Phi) is 6.31. The first-order chi connectivity index (χ1) is 12.2. The van der Waals surface area contributed by atoms with Gasteiger partial charge in [0.15, 0.2) is 0 Å². The highest BCUT2D eigenvalue weighted by Gasteiger charge is 2.47. The van der Waals surface area contributed by atoms with Crippen molar-refractivity contribution in [3.05, 3.63) is 35.6 Å². The lowest BCUT2D eigenvalue weighted by Gasteiger charge is -2.26. The van der Waals surface area contributed by atoms with Gasteiger partial charge in [-0.3, -0.25) is 19.3 Å². The van der Waals surface area contributed by atoms with Crippen molar-refractivity contribution in [2.24, 2.45) is 5.92 Å². The van der Waals surface area contributed by atoms with Gasteiger partial charge in [-0.2, -0.15) is 0 Å². The molecule has 1 heterocycles. The van der Waals surface area contributed by atoms with Crippen molar-refractivity contribution in [3.63, 3.8) is 0 Å². The van der Waals surface area contributed by atoms with E-state index in [1.54, 1.807) is 33.0 Å². The first kappa shape index (κ1) is 19.8. The summed E-state index contributed by atoms with van der Waals surface area (Å²) in [5, 5.41) is 14.6. The number of nitrogens with one attached hydrogen (secondary N) is 2. The van der Waals surface area contributed by atoms with Crippen molar-refractivity contribution >= 4 is 17.8 Å². The Morgan fingerprint density at radius 2 is 1.96 bits per heavy atom. The molecule has 0 aliphatic carbocycles. The van der Waals surface area contributed by atoms with E-state index < -0.39 is 35.7 Å². The normalized spacial score (nSPS) is 23.0. The summed E-state index contributed by atoms with van der Waals surface area (Å²) < 4.78 is 14.3. The molecule has 2 rings (SSSR count). The monoisotopic (exact) mass is 365 g/mol. The zero-order valence-corrected chi connectivity index (χ0v) is 15.0. The van der Waals surface area contributed by atoms with Crippen LogP contribution in [-0.2, 0) is 14.4 Å². The van der Waals surface area contributed by atoms with E-state index in [-0.39, 0.29) is 30.5 Å². The predicted octanol–water partition coefficient (Wildman–Crippen LogP) is 0.913. The molecular formula is C18H24FN3O4. The lowest BCUT2D eigenvalue weighted by atomic mass is 9.92. The molecule has 0 unspecified atom stereocenters. The van der Waals surface area contributed by atoms with Gasteiger partial charge in [-0.15, -0.1) is 0 Å². The molecule has 1 fully saturated rings. The van der Waals surface area contributed by atoms with Gasteiger partial charge in [0.2, 0.25) is 11.8 Å². The molecule has 0 saturated carbocycles. The molecule has 26 heavy (non-hydrogen) atoms. The molecule has 1 aromatic carbocycles. The number of carbonyl (C=O) groups is 3. The molecule has 7 nitrogen and oxygen atoms in total. The number of amides is 2. The van der Waals surface area contributed by atoms with E-state index in [2.05, 4.69) is 10.6 Å². The van der Waals surface area contributed by atoms with Crippen LogP contribution in [0.15, 0.2) is 24.3 Å². The van der Waals surface area contributed by atoms with E-state index in [1.807, 2.05) is 0 Å². The van der Waals surface area contributed by atoms with Crippen molar-refractivity contribution in [2.45, 2.75) is 38.4 Å². The molecule has 1 saturated heterocycles. The van der Waals surface area contributed by atoms with E-state index in [4.69, 9.17) is 0 Å². The molecule has 1 aliphatic heterocycles. The van der Waals surface area contributed by atoms with Crippen molar-refractivity contribution in [1.82, 2.24) is 15.5 Å². The molecule has 142 valence electrons. The van der Waals surface area contributed by atoms with Crippen LogP contribution in [-0.4, -0.2) is 53.5 Å². The fourth-order valence-corrected chi connectivity index (χ4v) is 3.36. The van der Waals surface area contributed by atoms with Gasteiger partial charge < -0.3 is 15.7 Å². The van der Waals surface area contributed by atoms with Crippen LogP contribution < -0.4 is 10.6 Å². The topological polar surface area (TPSA) is 98.7 Å². The number of aliphatic carboxylic acids is 1. The molecule has 0 bridgehead atoms. The lowest BCUT2D eigenvalue weighted by molar-refractivity contribution is -0.142. The number of likely N-dealkylation sites (tertiary alicyclic amines) is 1. The van der Waals surface area contributed by atoms with Crippen LogP contribution in [0.2, 0.25) is 0 Å². The number of carbonyl (C=O) groups excluding carboxylic acids is 2. The Hall–Kier alpha value is -2.48. The van der Waals surface area contributed by atoms with Gasteiger partial charge in [0.1, 0.15) is 11.9 Å². The third-order valence-electron chi connectivity index (χ3n) is 4.51. The molecule has 1 aliphatic rings. The average molecular weight is 365 g/mol. The summed E-state index contributed by atoms with van der Waals surface area (Å²) in [6.45, 7) is 3.40. The van der Waals surface area contributed by atoms with Gasteiger partial charge in [-0.05, 0) is 33.4 Å². The van der Waals surface area contributed by atoms with Crippen LogP contribution in [0.25, 0.3) is 0 Å². The summed E-state index contributed by atoms with van der Waals surface area (Å²) in [4.78, 5) is 37.3. The SMILES string of the molecule is CC(C)NC(=O)CNC(=O)[C@@H]1C[C@H](C(=O)O)N(C)[C@@H]1c1ccccc1F. The van der Waals surface area contributed by atoms with Crippen LogP contribution in [0.5, 0.6) is 0 Å². The van der Waals surface area contributed by atoms with Crippen LogP contribution >= 0.6 is 0 Å². The number of hydrogen-bond donors (Lipinski definition) is 3. The average Bonchev–Trinajstić information content (AvgIpc) is 2.90. The second-order valence-electron chi connectivity index (χ2n) is 6.77. The third kappa shape index (κ3) is 4.37. The summed E-state index contributed by atoms with van der Waals surface area (Å²) in [7, 11) is 1.56. The maximum absolute atomic E-state index is 14.3. The smallest absolute Gasteiger partial charge is 0.320 e. The van der Waals surface area contributed by atoms with Gasteiger partial charge in [-0.1, -0.05) is 18.2 Å². The molecule has 1 aromatic rings. The Morgan fingerprint density at radius 1 is 1.31 bits per heavy atom. The fourth-order valence-electron chi connectivity index (χ4n) is 3.36. The molecule has 2 amide bonds. The summed E-state index contributed by atoms with van der Waals surface area (Å²) in [6.07, 6.45) is 0.0441. The molecule has 8 heteroatoms. The largest absolute Gasteiger partial charge is 0.480 e. The predicted molar refractivity (Wildman–Crippen MR) is 92.7 cm³/mol. The Bertz CT molecular complexity index is 695. The number of nitrogens with zero attached hydrogens (tertiary/aromatic N) is 1. The number of carboxylic acids is 1. The van der Waals surface area contributed by atoms with Gasteiger partial charge in [0, 0.05) is 17.6 Å². The second kappa shape index (κ2) is 8.27. The van der Waals surface area contributed by atoms with Gasteiger partial charge in [0.25, 0.3) is 0 Å². The number of rotatable bonds is 6. The van der Waals surface area contributed by atoms with E-state index in [0.717, 1.165) is 0 Å². The van der Waals surface area contributed by atoms with Crippen molar-refractivity contribution < 1.29 is 23.9 Å². The summed E-state index contributed by atoms with van der Waals surface area (Å²) in [5.41, 5.74) is 0.269. The molecule has 3 atom stereocenters. The van der Waals surface area contributed by atoms with Crippen molar-refractivity contribution in [1.29, 1.82) is 0 Å². The first-order valence-electron chi connectivity index (χ1n) is 8.48. The Labute approximate surface area is 151 Å². The van der Waals surface area contributed by atoms with Crippen molar-refractivity contribution in [2.75, 3.05) is 13.6 Å². The second-order valence-corrected chi connectivity index (χ2v) is 6.77. The number of benzene rings is 1. The van der Waals surface area contributed by atoms with Crippen LogP contribution in [0, 0.1) is 11.7 Å². The van der Waals surface area contributed by atoms with E-state index in [9.17, 15) is 23.9 Å². The van der Waals surface area contributed by atoms with Crippen LogP contribution in [0.4, 0.5) is 4.39 Å². The highest BCUT2D eigenvalue weighted by atomic mass is 19.1. The minimum Gasteiger partial charge on any atom is -0.480 e. The number of halogens is 1. The number of hydrogen-bond acceptors (Lipinski definition) is 4. The van der Waals surface area contributed by atoms with Crippen molar-refractivity contribution in [3.8, 4) is 0 Å². The molecule has 0 radical (unpaired) electrons. The van der Waals surface area contributed by atoms with Crippen LogP contribution in [0.1, 0.15) is 31.9 Å². The Balaban J connectivity index is 2.20. The zero-order chi connectivity index (χ0) is 19.4. The minimum atomic E-state index is -1.07. The molecule has 0 spiro atoms.